The first kappa shape index (κ1) is 29.6. The van der Waals surface area contributed by atoms with Gasteiger partial charge in [0.25, 0.3) is 0 Å². The third-order valence-electron chi connectivity index (χ3n) is 8.06. The number of rotatable bonds is 13. The van der Waals surface area contributed by atoms with Gasteiger partial charge in [-0.3, -0.25) is 9.78 Å². The number of aryl methyl sites for hydroxylation is 1. The summed E-state index contributed by atoms with van der Waals surface area (Å²) in [5.74, 6) is 0.684. The second-order valence-corrected chi connectivity index (χ2v) is 11.4. The van der Waals surface area contributed by atoms with Gasteiger partial charge in [-0.25, -0.2) is 0 Å². The van der Waals surface area contributed by atoms with Crippen LogP contribution >= 0.6 is 23.2 Å². The number of aliphatic hydroxyl groups excluding tert-OH is 1. The predicted molar refractivity (Wildman–Crippen MR) is 157 cm³/mol. The number of hydrogen-bond donors (Lipinski definition) is 2. The molecule has 0 saturated carbocycles. The van der Waals surface area contributed by atoms with E-state index in [4.69, 9.17) is 27.9 Å². The van der Waals surface area contributed by atoms with Gasteiger partial charge in [-0.2, -0.15) is 0 Å². The Kier molecular flexibility index (Phi) is 10.9. The molecule has 0 radical (unpaired) electrons. The van der Waals surface area contributed by atoms with E-state index in [2.05, 4.69) is 9.88 Å². The van der Waals surface area contributed by atoms with Gasteiger partial charge in [0.2, 0.25) is 0 Å². The summed E-state index contributed by atoms with van der Waals surface area (Å²) in [5, 5.41) is 22.6. The number of nitrogens with zero attached hydrogens (tertiary/aromatic N) is 2. The minimum absolute atomic E-state index is 0.180. The zero-order valence-corrected chi connectivity index (χ0v) is 24.0. The van der Waals surface area contributed by atoms with Crippen LogP contribution in [0.3, 0.4) is 0 Å². The van der Waals surface area contributed by atoms with Crippen molar-refractivity contribution in [3.63, 3.8) is 0 Å². The Morgan fingerprint density at radius 3 is 2.79 bits per heavy atom. The number of benzene rings is 2. The molecule has 0 bridgehead atoms. The minimum Gasteiger partial charge on any atom is -0.497 e. The molecule has 1 aromatic heterocycles. The maximum Gasteiger partial charge on any atom is 0.303 e. The topological polar surface area (TPSA) is 82.9 Å². The molecule has 8 heteroatoms. The Labute approximate surface area is 240 Å². The summed E-state index contributed by atoms with van der Waals surface area (Å²) in [6.07, 6.45) is 7.45. The van der Waals surface area contributed by atoms with Crippen LogP contribution < -0.4 is 4.74 Å². The third-order valence-corrected chi connectivity index (χ3v) is 8.92. The smallest absolute Gasteiger partial charge is 0.303 e. The van der Waals surface area contributed by atoms with Gasteiger partial charge in [0.05, 0.1) is 28.8 Å². The van der Waals surface area contributed by atoms with Gasteiger partial charge in [-0.1, -0.05) is 35.3 Å². The monoisotopic (exact) mass is 572 g/mol. The summed E-state index contributed by atoms with van der Waals surface area (Å²) in [7, 11) is 1.63. The van der Waals surface area contributed by atoms with Crippen LogP contribution in [0.15, 0.2) is 48.7 Å². The maximum absolute atomic E-state index is 11.4. The van der Waals surface area contributed by atoms with Crippen LogP contribution in [0.4, 0.5) is 0 Å². The van der Waals surface area contributed by atoms with Crippen LogP contribution in [0.25, 0.3) is 10.9 Å². The van der Waals surface area contributed by atoms with E-state index in [0.717, 1.165) is 79.5 Å². The zero-order chi connectivity index (χ0) is 27.8. The quantitative estimate of drug-likeness (QED) is 0.211. The van der Waals surface area contributed by atoms with Gasteiger partial charge < -0.3 is 19.8 Å². The highest BCUT2D eigenvalue weighted by molar-refractivity contribution is 6.42. The van der Waals surface area contributed by atoms with Gasteiger partial charge in [-0.05, 0) is 111 Å². The van der Waals surface area contributed by atoms with E-state index in [1.165, 1.54) is 0 Å². The molecule has 0 amide bonds. The number of carboxylic acid groups (broad SMARTS) is 1. The molecule has 2 heterocycles. The Hall–Kier alpha value is -2.38. The number of pyridine rings is 1. The lowest BCUT2D eigenvalue weighted by molar-refractivity contribution is -0.137. The summed E-state index contributed by atoms with van der Waals surface area (Å²) in [4.78, 5) is 18.3. The number of carboxylic acids is 1. The Balaban J connectivity index is 1.32. The lowest BCUT2D eigenvalue weighted by Crippen LogP contribution is -2.41. The van der Waals surface area contributed by atoms with Crippen LogP contribution in [-0.2, 0) is 11.2 Å². The number of fused-ring (bicyclic) bond motifs is 1. The number of carbonyl (C=O) groups is 1. The van der Waals surface area contributed by atoms with E-state index in [-0.39, 0.29) is 6.42 Å². The first-order chi connectivity index (χ1) is 18.9. The molecule has 1 fully saturated rings. The molecule has 0 aliphatic carbocycles. The lowest BCUT2D eigenvalue weighted by atomic mass is 9.79. The molecule has 4 rings (SSSR count). The first-order valence-electron chi connectivity index (χ1n) is 13.8. The van der Waals surface area contributed by atoms with Crippen molar-refractivity contribution in [2.24, 2.45) is 11.8 Å². The summed E-state index contributed by atoms with van der Waals surface area (Å²) < 4.78 is 5.38. The summed E-state index contributed by atoms with van der Waals surface area (Å²) in [6, 6.07) is 13.4. The highest BCUT2D eigenvalue weighted by Crippen LogP contribution is 2.35. The largest absolute Gasteiger partial charge is 0.497 e. The van der Waals surface area contributed by atoms with E-state index < -0.39 is 12.1 Å². The standard InChI is InChI=1S/C31H38Cl2N2O4/c1-39-24-10-11-28-26(19-24)25(14-16-34-28)29(36)12-8-21-15-18-35(20-23(21)9-13-30(37)38)17-3-2-5-22-6-4-7-27(32)31(22)33/h4,6-7,10-11,14,16,19,21,23,29,36H,2-3,5,8-9,12-13,15,17-18,20H2,1H3,(H,37,38)/t21-,23-,29-/m1/s1. The summed E-state index contributed by atoms with van der Waals surface area (Å²) in [5.41, 5.74) is 2.78. The average molecular weight is 574 g/mol. The summed E-state index contributed by atoms with van der Waals surface area (Å²) in [6.45, 7) is 2.89. The molecule has 3 atom stereocenters. The number of aliphatic hydroxyl groups is 1. The van der Waals surface area contributed by atoms with Crippen LogP contribution in [-0.4, -0.2) is 52.8 Å². The van der Waals surface area contributed by atoms with E-state index in [1.807, 2.05) is 42.5 Å². The lowest BCUT2D eigenvalue weighted by Gasteiger charge is -2.39. The number of halogens is 2. The zero-order valence-electron chi connectivity index (χ0n) is 22.5. The van der Waals surface area contributed by atoms with Crippen molar-refractivity contribution < 1.29 is 19.7 Å². The highest BCUT2D eigenvalue weighted by Gasteiger charge is 2.30. The number of piperidine rings is 1. The van der Waals surface area contributed by atoms with Gasteiger partial charge in [0.1, 0.15) is 5.75 Å². The molecule has 2 aromatic carbocycles. The number of aliphatic carboxylic acids is 1. The van der Waals surface area contributed by atoms with Crippen LogP contribution in [0.1, 0.15) is 62.2 Å². The molecule has 39 heavy (non-hydrogen) atoms. The fourth-order valence-corrected chi connectivity index (χ4v) is 6.27. The number of aromatic nitrogens is 1. The van der Waals surface area contributed by atoms with E-state index >= 15 is 0 Å². The fraction of sp³-hybridized carbons (Fsp3) is 0.484. The van der Waals surface area contributed by atoms with Gasteiger partial charge in [0.15, 0.2) is 0 Å². The molecular weight excluding hydrogens is 535 g/mol. The molecule has 1 aliphatic heterocycles. The number of likely N-dealkylation sites (tertiary alicyclic amines) is 1. The molecule has 1 saturated heterocycles. The number of unbranched alkanes of at least 4 members (excludes halogenated alkanes) is 1. The average Bonchev–Trinajstić information content (AvgIpc) is 2.94. The van der Waals surface area contributed by atoms with Gasteiger partial charge >= 0.3 is 5.97 Å². The normalized spacial score (nSPS) is 18.8. The fourth-order valence-electron chi connectivity index (χ4n) is 5.86. The van der Waals surface area contributed by atoms with Crippen molar-refractivity contribution >= 4 is 40.1 Å². The molecule has 0 spiro atoms. The predicted octanol–water partition coefficient (Wildman–Crippen LogP) is 7.19. The van der Waals surface area contributed by atoms with E-state index in [9.17, 15) is 15.0 Å². The van der Waals surface area contributed by atoms with Gasteiger partial charge in [0, 0.05) is 24.5 Å². The van der Waals surface area contributed by atoms with Crippen molar-refractivity contribution in [2.45, 2.75) is 57.5 Å². The molecule has 0 unspecified atom stereocenters. The van der Waals surface area contributed by atoms with Crippen molar-refractivity contribution in [2.75, 3.05) is 26.7 Å². The Morgan fingerprint density at radius 1 is 1.15 bits per heavy atom. The third kappa shape index (κ3) is 8.07. The number of ether oxygens (including phenoxy) is 1. The van der Waals surface area contributed by atoms with E-state index in [1.54, 1.807) is 13.3 Å². The minimum atomic E-state index is -0.749. The maximum atomic E-state index is 11.4. The molecule has 1 aliphatic rings. The van der Waals surface area contributed by atoms with Crippen LogP contribution in [0.2, 0.25) is 10.0 Å². The molecular formula is C31H38Cl2N2O4. The van der Waals surface area contributed by atoms with Crippen LogP contribution in [0, 0.1) is 11.8 Å². The highest BCUT2D eigenvalue weighted by atomic mass is 35.5. The second kappa shape index (κ2) is 14.3. The second-order valence-electron chi connectivity index (χ2n) is 10.6. The number of methoxy groups -OCH3 is 1. The van der Waals surface area contributed by atoms with Crippen molar-refractivity contribution in [1.82, 2.24) is 9.88 Å². The van der Waals surface area contributed by atoms with Crippen molar-refractivity contribution in [3.8, 4) is 5.75 Å². The van der Waals surface area contributed by atoms with Gasteiger partial charge in [-0.15, -0.1) is 0 Å². The molecule has 2 N–H and O–H groups in total. The Bertz CT molecular complexity index is 1250. The molecule has 210 valence electrons. The molecule has 3 aromatic rings. The Morgan fingerprint density at radius 2 is 2.00 bits per heavy atom. The molecule has 6 nitrogen and oxygen atoms in total. The van der Waals surface area contributed by atoms with E-state index in [0.29, 0.717) is 34.7 Å². The van der Waals surface area contributed by atoms with Crippen LogP contribution in [0.5, 0.6) is 5.75 Å². The van der Waals surface area contributed by atoms with Crippen molar-refractivity contribution in [1.29, 1.82) is 0 Å². The number of hydrogen-bond acceptors (Lipinski definition) is 5. The first-order valence-corrected chi connectivity index (χ1v) is 14.6. The van der Waals surface area contributed by atoms with Crippen molar-refractivity contribution in [3.05, 3.63) is 69.8 Å². The SMILES string of the molecule is COc1ccc2nccc([C@H](O)CC[C@@H]3CCN(CCCCc4cccc(Cl)c4Cl)C[C@H]3CCC(=O)O)c2c1. The summed E-state index contributed by atoms with van der Waals surface area (Å²) >= 11 is 12.5.